The van der Waals surface area contributed by atoms with Crippen molar-refractivity contribution in [1.29, 1.82) is 0 Å². The van der Waals surface area contributed by atoms with Gasteiger partial charge in [0.1, 0.15) is 0 Å². The number of hydrogen-bond donors (Lipinski definition) is 0. The molecule has 0 N–H and O–H groups in total. The predicted molar refractivity (Wildman–Crippen MR) is 315 cm³/mol. The highest BCUT2D eigenvalue weighted by atomic mass is 15.1. The van der Waals surface area contributed by atoms with Gasteiger partial charge in [0.15, 0.2) is 0 Å². The van der Waals surface area contributed by atoms with Crippen LogP contribution in [0.15, 0.2) is 176 Å². The molecule has 2 nitrogen and oxygen atoms in total. The van der Waals surface area contributed by atoms with Gasteiger partial charge in [0.25, 0.3) is 6.71 Å². The number of fused-ring (bicyclic) bond motifs is 15. The fraction of sp³-hybridized carbons (Fsp3) is 0.183. The van der Waals surface area contributed by atoms with Crippen LogP contribution in [0.5, 0.6) is 0 Å². The van der Waals surface area contributed by atoms with Crippen molar-refractivity contribution in [3.05, 3.63) is 220 Å². The van der Waals surface area contributed by atoms with Crippen LogP contribution in [-0.2, 0) is 5.41 Å². The van der Waals surface area contributed by atoms with Crippen molar-refractivity contribution in [1.82, 2.24) is 9.13 Å². The van der Waals surface area contributed by atoms with E-state index in [1.807, 2.05) is 0 Å². The summed E-state index contributed by atoms with van der Waals surface area (Å²) in [7, 11) is 0. The molecule has 0 bridgehead atoms. The third-order valence-electron chi connectivity index (χ3n) is 18.4. The van der Waals surface area contributed by atoms with Gasteiger partial charge < -0.3 is 9.13 Å². The van der Waals surface area contributed by atoms with Crippen LogP contribution in [-0.4, -0.2) is 15.8 Å². The fourth-order valence-corrected chi connectivity index (χ4v) is 14.9. The third kappa shape index (κ3) is 5.13. The molecule has 0 unspecified atom stereocenters. The van der Waals surface area contributed by atoms with E-state index < -0.39 is 5.41 Å². The van der Waals surface area contributed by atoms with Gasteiger partial charge >= 0.3 is 0 Å². The first-order chi connectivity index (χ1) is 36.0. The second kappa shape index (κ2) is 14.7. The summed E-state index contributed by atoms with van der Waals surface area (Å²) in [5.74, 6) is 1.43. The topological polar surface area (TPSA) is 9.86 Å². The second-order valence-corrected chi connectivity index (χ2v) is 23.5. The summed E-state index contributed by atoms with van der Waals surface area (Å²) in [6, 6.07) is 69.7. The summed E-state index contributed by atoms with van der Waals surface area (Å²) in [6.07, 6.45) is 0. The first-order valence-electron chi connectivity index (χ1n) is 27.3. The van der Waals surface area contributed by atoms with Crippen LogP contribution in [0.25, 0.3) is 99.1 Å². The predicted octanol–water partition coefficient (Wildman–Crippen LogP) is 16.7. The standard InChI is InChI=1S/C71H57BN2/c1-38(2)43-26-29-64-53(30-43)54-32-45(40(5)6)35-62-67(54)73(64)69-57(50-28-27-47(42-18-10-9-11-19-42)48-20-12-13-21-49(48)50)37-61-70-65(69)72(62)63-36-46(41(7)8)33-56-55-31-44(39(3)4)34-60(66(55)74(70)68(56)63)71(61)58-24-16-14-22-51(58)52-23-15-17-25-59(52)71/h9-41H,1-8H3. The summed E-state index contributed by atoms with van der Waals surface area (Å²) in [6.45, 7) is 19.0. The van der Waals surface area contributed by atoms with E-state index in [-0.39, 0.29) is 6.71 Å². The van der Waals surface area contributed by atoms with Crippen molar-refractivity contribution in [2.45, 2.75) is 84.5 Å². The molecule has 1 spiro atoms. The van der Waals surface area contributed by atoms with Crippen LogP contribution in [0.3, 0.4) is 0 Å². The molecule has 2 aromatic heterocycles. The van der Waals surface area contributed by atoms with Crippen molar-refractivity contribution < 1.29 is 0 Å². The Bertz CT molecular complexity index is 4450. The summed E-state index contributed by atoms with van der Waals surface area (Å²) in [5.41, 5.74) is 30.6. The molecule has 3 heteroatoms. The Morgan fingerprint density at radius 2 is 0.851 bits per heavy atom. The molecule has 5 heterocycles. The highest BCUT2D eigenvalue weighted by molar-refractivity contribution is 7.00. The molecule has 12 aromatic rings. The van der Waals surface area contributed by atoms with E-state index in [9.17, 15) is 0 Å². The van der Waals surface area contributed by atoms with Crippen molar-refractivity contribution in [3.63, 3.8) is 0 Å². The smallest absolute Gasteiger partial charge is 0.252 e. The lowest BCUT2D eigenvalue weighted by atomic mass is 9.33. The molecule has 0 saturated heterocycles. The van der Waals surface area contributed by atoms with E-state index in [1.165, 1.54) is 160 Å². The summed E-state index contributed by atoms with van der Waals surface area (Å²) in [4.78, 5) is 0. The number of benzene rings is 10. The molecule has 3 aliphatic heterocycles. The summed E-state index contributed by atoms with van der Waals surface area (Å²) < 4.78 is 5.56. The Morgan fingerprint density at radius 1 is 0.338 bits per heavy atom. The first-order valence-corrected chi connectivity index (χ1v) is 27.3. The molecule has 0 atom stereocenters. The van der Waals surface area contributed by atoms with Crippen LogP contribution in [0, 0.1) is 0 Å². The minimum atomic E-state index is -0.608. The Morgan fingerprint density at radius 3 is 1.49 bits per heavy atom. The van der Waals surface area contributed by atoms with Gasteiger partial charge in [-0.05, 0) is 160 Å². The largest absolute Gasteiger partial charge is 0.310 e. The molecular formula is C71H57BN2. The lowest BCUT2D eigenvalue weighted by molar-refractivity contribution is 0.744. The highest BCUT2D eigenvalue weighted by Crippen LogP contribution is 2.63. The first kappa shape index (κ1) is 42.6. The van der Waals surface area contributed by atoms with Crippen LogP contribution < -0.4 is 16.4 Å². The van der Waals surface area contributed by atoms with Crippen molar-refractivity contribution >= 4 is 77.5 Å². The van der Waals surface area contributed by atoms with Gasteiger partial charge in [-0.1, -0.05) is 195 Å². The molecular weight excluding hydrogens is 892 g/mol. The van der Waals surface area contributed by atoms with Gasteiger partial charge in [-0.2, -0.15) is 0 Å². The fourth-order valence-electron chi connectivity index (χ4n) is 14.9. The summed E-state index contributed by atoms with van der Waals surface area (Å²) in [5, 5.41) is 8.01. The third-order valence-corrected chi connectivity index (χ3v) is 18.4. The van der Waals surface area contributed by atoms with Crippen LogP contribution >= 0.6 is 0 Å². The number of rotatable bonds is 6. The zero-order chi connectivity index (χ0) is 49.8. The molecule has 1 aliphatic carbocycles. The number of nitrogens with zero attached hydrogens (tertiary/aromatic N) is 2. The minimum absolute atomic E-state index is 0.0239. The van der Waals surface area contributed by atoms with Crippen LogP contribution in [0.4, 0.5) is 0 Å². The van der Waals surface area contributed by atoms with E-state index in [1.54, 1.807) is 0 Å². The van der Waals surface area contributed by atoms with Crippen molar-refractivity contribution in [2.24, 2.45) is 0 Å². The Labute approximate surface area is 434 Å². The lowest BCUT2D eigenvalue weighted by Crippen LogP contribution is -2.61. The lowest BCUT2D eigenvalue weighted by Gasteiger charge is -2.45. The van der Waals surface area contributed by atoms with E-state index >= 15 is 0 Å². The van der Waals surface area contributed by atoms with Crippen molar-refractivity contribution in [3.8, 4) is 44.8 Å². The van der Waals surface area contributed by atoms with E-state index in [0.717, 1.165) is 0 Å². The van der Waals surface area contributed by atoms with Gasteiger partial charge in [0.05, 0.1) is 22.1 Å². The second-order valence-electron chi connectivity index (χ2n) is 23.5. The van der Waals surface area contributed by atoms with Gasteiger partial charge in [-0.25, -0.2) is 0 Å². The Kier molecular flexibility index (Phi) is 8.45. The van der Waals surface area contributed by atoms with E-state index in [2.05, 4.69) is 240 Å². The van der Waals surface area contributed by atoms with Gasteiger partial charge in [0, 0.05) is 43.8 Å². The molecule has 354 valence electrons. The van der Waals surface area contributed by atoms with Crippen LogP contribution in [0.1, 0.15) is 124 Å². The SMILES string of the molecule is CC(C)c1ccc2c(c1)c1cc(C(C)C)cc3c1n2-c1c(-c2ccc(-c4ccccc4)c4ccccc24)cc2c4c1B3c1cc(C(C)C)cc3c5cc(C(C)C)cc(c5n-4c13)C21c2ccccc2-c2ccccc21. The van der Waals surface area contributed by atoms with E-state index in [0.29, 0.717) is 23.7 Å². The maximum atomic E-state index is 2.81. The number of aromatic nitrogens is 2. The molecule has 10 aromatic carbocycles. The Balaban J connectivity index is 1.20. The molecule has 74 heavy (non-hydrogen) atoms. The van der Waals surface area contributed by atoms with Gasteiger partial charge in [-0.3, -0.25) is 0 Å². The number of hydrogen-bond acceptors (Lipinski definition) is 0. The molecule has 0 saturated carbocycles. The normalized spacial score (nSPS) is 14.2. The van der Waals surface area contributed by atoms with E-state index in [4.69, 9.17) is 0 Å². The average molecular weight is 949 g/mol. The zero-order valence-corrected chi connectivity index (χ0v) is 43.5. The van der Waals surface area contributed by atoms with Crippen LogP contribution in [0.2, 0.25) is 0 Å². The highest BCUT2D eigenvalue weighted by Gasteiger charge is 2.55. The van der Waals surface area contributed by atoms with Gasteiger partial charge in [0.2, 0.25) is 0 Å². The maximum Gasteiger partial charge on any atom is 0.252 e. The van der Waals surface area contributed by atoms with Gasteiger partial charge in [-0.15, -0.1) is 0 Å². The molecule has 0 amide bonds. The average Bonchev–Trinajstić information content (AvgIpc) is 4.12. The molecule has 0 radical (unpaired) electrons. The minimum Gasteiger partial charge on any atom is -0.310 e. The summed E-state index contributed by atoms with van der Waals surface area (Å²) >= 11 is 0. The zero-order valence-electron chi connectivity index (χ0n) is 43.5. The quantitative estimate of drug-likeness (QED) is 0.147. The monoisotopic (exact) mass is 948 g/mol. The van der Waals surface area contributed by atoms with Crippen molar-refractivity contribution in [2.75, 3.05) is 0 Å². The molecule has 16 rings (SSSR count). The molecule has 4 aliphatic rings. The molecule has 0 fully saturated rings. The Hall–Kier alpha value is -7.88. The maximum absolute atomic E-state index is 2.81.